The maximum atomic E-state index is 11.9. The van der Waals surface area contributed by atoms with E-state index < -0.39 is 26.2 Å². The molecule has 0 saturated heterocycles. The van der Waals surface area contributed by atoms with Crippen LogP contribution in [-0.2, 0) is 13.9 Å². The van der Waals surface area contributed by atoms with E-state index in [1.807, 2.05) is 52.9 Å². The topological polar surface area (TPSA) is 63.6 Å². The van der Waals surface area contributed by atoms with Gasteiger partial charge in [0.1, 0.15) is 0 Å². The molecule has 40 heavy (non-hydrogen) atoms. The minimum atomic E-state index is -2.02. The summed E-state index contributed by atoms with van der Waals surface area (Å²) >= 11 is -0.0224. The Morgan fingerprint density at radius 3 is 1.70 bits per heavy atom. The zero-order chi connectivity index (χ0) is 29.5. The molecule has 6 heteroatoms. The Bertz CT molecular complexity index is 1430. The van der Waals surface area contributed by atoms with Crippen molar-refractivity contribution in [1.82, 2.24) is 0 Å². The molecule has 210 valence electrons. The van der Waals surface area contributed by atoms with E-state index in [2.05, 4.69) is 96.1 Å². The summed E-state index contributed by atoms with van der Waals surface area (Å²) in [7, 11) is 0. The molecule has 1 aliphatic rings. The summed E-state index contributed by atoms with van der Waals surface area (Å²) in [6, 6.07) is 33.8. The zero-order valence-corrected chi connectivity index (χ0v) is 28.1. The Balaban J connectivity index is 0.000000185. The van der Waals surface area contributed by atoms with Gasteiger partial charge in [-0.1, -0.05) is 63.2 Å². The third-order valence-electron chi connectivity index (χ3n) is 6.08. The fraction of sp³-hybridized carbons (Fsp3) is 0.235. The predicted molar refractivity (Wildman–Crippen MR) is 180 cm³/mol. The molecule has 4 aromatic carbocycles. The van der Waals surface area contributed by atoms with E-state index in [0.29, 0.717) is 11.0 Å². The van der Waals surface area contributed by atoms with Crippen LogP contribution in [0.25, 0.3) is 0 Å². The van der Waals surface area contributed by atoms with Gasteiger partial charge in [-0.3, -0.25) is 0 Å². The van der Waals surface area contributed by atoms with E-state index in [1.165, 1.54) is 14.7 Å². The summed E-state index contributed by atoms with van der Waals surface area (Å²) in [5.74, 6) is -1.03. The summed E-state index contributed by atoms with van der Waals surface area (Å²) in [5.41, 5.74) is 4.25. The van der Waals surface area contributed by atoms with Crippen LogP contribution in [0.4, 0.5) is 0 Å². The fourth-order valence-corrected chi connectivity index (χ4v) is 8.62. The second-order valence-corrected chi connectivity index (χ2v) is 16.7. The van der Waals surface area contributed by atoms with E-state index in [4.69, 9.17) is 8.17 Å². The third kappa shape index (κ3) is 8.64. The minimum Gasteiger partial charge on any atom is -0.478 e. The van der Waals surface area contributed by atoms with E-state index >= 15 is 0 Å². The predicted octanol–water partition coefficient (Wildman–Crippen LogP) is 9.59. The molecule has 1 N–H and O–H groups in total. The first-order valence-electron chi connectivity index (χ1n) is 12.9. The van der Waals surface area contributed by atoms with Crippen LogP contribution < -0.4 is 0 Å². The smallest absolute Gasteiger partial charge is 0.336 e. The number of carboxylic acids is 1. The molecule has 1 heterocycles. The number of benzene rings is 4. The Labute approximate surface area is 259 Å². The monoisotopic (exact) mass is 762 g/mol. The Morgan fingerprint density at radius 2 is 1.20 bits per heavy atom. The molecular formula is C34H36I2O4. The molecule has 0 amide bonds. The average Bonchev–Trinajstić information content (AvgIpc) is 3.26. The molecule has 0 aliphatic carbocycles. The first kappa shape index (κ1) is 31.8. The zero-order valence-electron chi connectivity index (χ0n) is 23.7. The first-order valence-corrected chi connectivity index (χ1v) is 17.1. The van der Waals surface area contributed by atoms with Gasteiger partial charge < -0.3 is 5.11 Å². The number of aromatic carboxylic acids is 1. The quantitative estimate of drug-likeness (QED) is 0.207. The summed E-state index contributed by atoms with van der Waals surface area (Å²) in [5, 5.41) is 8.56. The molecule has 1 aliphatic heterocycles. The molecule has 4 aromatic rings. The summed E-state index contributed by atoms with van der Waals surface area (Å²) in [6.45, 7) is 13.3. The van der Waals surface area contributed by atoms with Crippen LogP contribution in [0, 0.1) is 10.7 Å². The number of carboxylic acid groups (broad SMARTS) is 1. The van der Waals surface area contributed by atoms with Crippen LogP contribution in [0.2, 0.25) is 0 Å². The summed E-state index contributed by atoms with van der Waals surface area (Å²) in [6.07, 6.45) is 0. The molecule has 0 radical (unpaired) electrons. The van der Waals surface area contributed by atoms with Crippen LogP contribution in [0.15, 0.2) is 103 Å². The number of carbonyl (C=O) groups excluding carboxylic acids is 1. The van der Waals surface area contributed by atoms with Crippen molar-refractivity contribution in [2.75, 3.05) is 0 Å². The molecule has 0 bridgehead atoms. The van der Waals surface area contributed by atoms with Gasteiger partial charge in [0.05, 0.1) is 5.56 Å². The van der Waals surface area contributed by atoms with Gasteiger partial charge in [0, 0.05) is 3.57 Å². The van der Waals surface area contributed by atoms with Crippen molar-refractivity contribution >= 4 is 54.8 Å². The molecule has 0 aromatic heterocycles. The van der Waals surface area contributed by atoms with Crippen LogP contribution in [0.3, 0.4) is 0 Å². The Kier molecular flexibility index (Phi) is 10.9. The van der Waals surface area contributed by atoms with Gasteiger partial charge >= 0.3 is 133 Å². The standard InChI is InChI=1S/C17H17IO2.C10H14.C7H5IO2/c1-17(2,3)12-8-10-13(11-9-12)18-15-7-5-4-6-14(15)16(19)20-18;1-10(2,3)9-7-5-4-6-8-9;8-6-4-2-1-3-5(6)7(9)10/h4-11H,1-3H3;4-8H,1-3H3;1-4H,(H,9,10). The van der Waals surface area contributed by atoms with E-state index in [-0.39, 0.29) is 11.4 Å². The third-order valence-corrected chi connectivity index (χ3v) is 11.7. The molecule has 0 spiro atoms. The van der Waals surface area contributed by atoms with Crippen LogP contribution >= 0.6 is 42.8 Å². The number of fused-ring (bicyclic) bond motifs is 1. The van der Waals surface area contributed by atoms with Crippen molar-refractivity contribution in [3.63, 3.8) is 0 Å². The first-order chi connectivity index (χ1) is 18.8. The molecule has 0 saturated carbocycles. The normalized spacial score (nSPS) is 13.2. The Hall–Kier alpha value is -2.72. The van der Waals surface area contributed by atoms with Crippen molar-refractivity contribution in [2.24, 2.45) is 0 Å². The Morgan fingerprint density at radius 1 is 0.700 bits per heavy atom. The van der Waals surface area contributed by atoms with Crippen molar-refractivity contribution < 1.29 is 17.8 Å². The largest absolute Gasteiger partial charge is 0.478 e. The van der Waals surface area contributed by atoms with Gasteiger partial charge in [0.25, 0.3) is 0 Å². The molecular weight excluding hydrogens is 726 g/mol. The van der Waals surface area contributed by atoms with Gasteiger partial charge in [-0.2, -0.15) is 0 Å². The SMILES string of the molecule is CC(C)(C)c1ccc(I2OC(=O)c3ccccc32)cc1.CC(C)(C)c1ccccc1.O=C(O)c1ccccc1I. The van der Waals surface area contributed by atoms with Crippen LogP contribution in [0.1, 0.15) is 73.4 Å². The minimum absolute atomic E-state index is 0.145. The molecule has 0 unspecified atom stereocenters. The van der Waals surface area contributed by atoms with Crippen molar-refractivity contribution in [2.45, 2.75) is 52.4 Å². The fourth-order valence-electron chi connectivity index (χ4n) is 3.73. The second kappa shape index (κ2) is 13.8. The van der Waals surface area contributed by atoms with Gasteiger partial charge in [0.15, 0.2) is 0 Å². The molecule has 0 atom stereocenters. The van der Waals surface area contributed by atoms with Gasteiger partial charge in [-0.05, 0) is 45.7 Å². The number of carbonyl (C=O) groups is 2. The molecule has 4 nitrogen and oxygen atoms in total. The number of halogens is 2. The van der Waals surface area contributed by atoms with Crippen molar-refractivity contribution in [1.29, 1.82) is 0 Å². The number of rotatable bonds is 2. The van der Waals surface area contributed by atoms with Gasteiger partial charge in [-0.25, -0.2) is 4.79 Å². The van der Waals surface area contributed by atoms with Crippen LogP contribution in [-0.4, -0.2) is 17.0 Å². The maximum absolute atomic E-state index is 11.9. The average molecular weight is 762 g/mol. The van der Waals surface area contributed by atoms with Crippen molar-refractivity contribution in [3.8, 4) is 0 Å². The van der Waals surface area contributed by atoms with Crippen molar-refractivity contribution in [3.05, 3.63) is 136 Å². The summed E-state index contributed by atoms with van der Waals surface area (Å²) < 4.78 is 8.73. The van der Waals surface area contributed by atoms with Gasteiger partial charge in [0.2, 0.25) is 0 Å². The molecule has 5 rings (SSSR count). The maximum Gasteiger partial charge on any atom is 0.336 e. The van der Waals surface area contributed by atoms with E-state index in [9.17, 15) is 9.59 Å². The van der Waals surface area contributed by atoms with E-state index in [0.717, 1.165) is 12.7 Å². The molecule has 0 fully saturated rings. The van der Waals surface area contributed by atoms with E-state index in [1.54, 1.807) is 18.2 Å². The number of hydrogen-bond acceptors (Lipinski definition) is 3. The van der Waals surface area contributed by atoms with Gasteiger partial charge in [-0.15, -0.1) is 0 Å². The number of hydrogen-bond donors (Lipinski definition) is 1. The second-order valence-electron chi connectivity index (χ2n) is 11.3. The summed E-state index contributed by atoms with van der Waals surface area (Å²) in [4.78, 5) is 22.3. The van der Waals surface area contributed by atoms with Crippen LogP contribution in [0.5, 0.6) is 0 Å².